The van der Waals surface area contributed by atoms with Crippen LogP contribution in [-0.4, -0.2) is 49.2 Å². The topological polar surface area (TPSA) is 79.1 Å². The zero-order chi connectivity index (χ0) is 13.9. The first-order valence-corrected chi connectivity index (χ1v) is 7.83. The van der Waals surface area contributed by atoms with E-state index in [1.807, 2.05) is 0 Å². The van der Waals surface area contributed by atoms with Crippen molar-refractivity contribution >= 4 is 33.3 Å². The molecule has 1 saturated heterocycles. The number of hydrogen-bond acceptors (Lipinski definition) is 7. The maximum atomic E-state index is 5.59. The quantitative estimate of drug-likeness (QED) is 0.773. The number of aromatic nitrogens is 2. The van der Waals surface area contributed by atoms with Crippen molar-refractivity contribution in [1.82, 2.24) is 15.3 Å². The van der Waals surface area contributed by atoms with Crippen LogP contribution in [-0.2, 0) is 0 Å². The number of fused-ring (bicyclic) bond motifs is 1. The number of nitrogens with two attached hydrogens (primary N) is 1. The molecule has 2 aromatic rings. The van der Waals surface area contributed by atoms with Crippen LogP contribution in [0.15, 0.2) is 5.38 Å². The smallest absolute Gasteiger partial charge is 0.228 e. The van der Waals surface area contributed by atoms with Crippen molar-refractivity contribution in [1.29, 1.82) is 0 Å². The Morgan fingerprint density at radius 3 is 2.95 bits per heavy atom. The van der Waals surface area contributed by atoms with Crippen LogP contribution < -0.4 is 21.3 Å². The first-order valence-electron chi connectivity index (χ1n) is 6.95. The molecule has 2 aromatic heterocycles. The third-order valence-corrected chi connectivity index (χ3v) is 4.43. The summed E-state index contributed by atoms with van der Waals surface area (Å²) in [6.45, 7) is 7.28. The van der Waals surface area contributed by atoms with Crippen LogP contribution in [0.5, 0.6) is 0 Å². The summed E-state index contributed by atoms with van der Waals surface area (Å²) in [6.07, 6.45) is 0. The van der Waals surface area contributed by atoms with Crippen molar-refractivity contribution in [2.45, 2.75) is 6.92 Å². The van der Waals surface area contributed by atoms with Crippen molar-refractivity contribution < 1.29 is 0 Å². The average Bonchev–Trinajstić information content (AvgIpc) is 2.87. The molecule has 0 aromatic carbocycles. The molecule has 0 unspecified atom stereocenters. The fourth-order valence-corrected chi connectivity index (χ4v) is 3.31. The highest BCUT2D eigenvalue weighted by Crippen LogP contribution is 2.31. The number of anilines is 2. The number of aryl methyl sites for hydroxylation is 1. The van der Waals surface area contributed by atoms with Crippen LogP contribution in [0.1, 0.15) is 5.56 Å². The van der Waals surface area contributed by atoms with Gasteiger partial charge in [-0.25, -0.2) is 4.98 Å². The molecule has 0 atom stereocenters. The lowest BCUT2D eigenvalue weighted by Gasteiger charge is -2.27. The van der Waals surface area contributed by atoms with Gasteiger partial charge in [0, 0.05) is 39.3 Å². The summed E-state index contributed by atoms with van der Waals surface area (Å²) < 4.78 is 0. The van der Waals surface area contributed by atoms with E-state index in [0.29, 0.717) is 6.54 Å². The normalized spacial score (nSPS) is 15.8. The minimum absolute atomic E-state index is 0.595. The van der Waals surface area contributed by atoms with E-state index in [-0.39, 0.29) is 0 Å². The van der Waals surface area contributed by atoms with Crippen LogP contribution >= 0.6 is 11.3 Å². The van der Waals surface area contributed by atoms with Gasteiger partial charge in [0.2, 0.25) is 5.95 Å². The maximum Gasteiger partial charge on any atom is 0.228 e. The largest absolute Gasteiger partial charge is 0.368 e. The summed E-state index contributed by atoms with van der Waals surface area (Å²) in [7, 11) is 0. The molecular formula is C13H20N6S. The molecule has 0 bridgehead atoms. The highest BCUT2D eigenvalue weighted by atomic mass is 32.1. The summed E-state index contributed by atoms with van der Waals surface area (Å²) in [5, 5.41) is 9.94. The second-order valence-corrected chi connectivity index (χ2v) is 5.78. The molecule has 3 heterocycles. The van der Waals surface area contributed by atoms with Gasteiger partial charge < -0.3 is 21.3 Å². The first-order chi connectivity index (χ1) is 9.79. The second kappa shape index (κ2) is 5.90. The molecule has 1 aliphatic rings. The van der Waals surface area contributed by atoms with Crippen molar-refractivity contribution in [3.63, 3.8) is 0 Å². The van der Waals surface area contributed by atoms with Gasteiger partial charge in [-0.2, -0.15) is 4.98 Å². The van der Waals surface area contributed by atoms with E-state index in [1.165, 1.54) is 5.56 Å². The summed E-state index contributed by atoms with van der Waals surface area (Å²) >= 11 is 1.68. The fraction of sp³-hybridized carbons (Fsp3) is 0.538. The Hall–Kier alpha value is -1.44. The average molecular weight is 292 g/mol. The van der Waals surface area contributed by atoms with Gasteiger partial charge in [-0.15, -0.1) is 11.3 Å². The molecular weight excluding hydrogens is 272 g/mol. The van der Waals surface area contributed by atoms with Gasteiger partial charge >= 0.3 is 0 Å². The van der Waals surface area contributed by atoms with E-state index in [0.717, 1.165) is 54.7 Å². The van der Waals surface area contributed by atoms with Crippen molar-refractivity contribution in [3.05, 3.63) is 10.9 Å². The molecule has 1 fully saturated rings. The van der Waals surface area contributed by atoms with E-state index < -0.39 is 0 Å². The summed E-state index contributed by atoms with van der Waals surface area (Å²) in [5.74, 6) is 1.73. The number of hydrogen-bond donors (Lipinski definition) is 3. The zero-order valence-electron chi connectivity index (χ0n) is 11.6. The van der Waals surface area contributed by atoms with Crippen LogP contribution in [0.2, 0.25) is 0 Å². The minimum atomic E-state index is 0.595. The van der Waals surface area contributed by atoms with Gasteiger partial charge in [0.05, 0.1) is 5.39 Å². The number of rotatable bonds is 4. The number of nitrogens with one attached hydrogen (secondary N) is 2. The van der Waals surface area contributed by atoms with Crippen LogP contribution in [0.4, 0.5) is 11.8 Å². The lowest BCUT2D eigenvalue weighted by Crippen LogP contribution is -2.44. The van der Waals surface area contributed by atoms with Gasteiger partial charge in [0.25, 0.3) is 0 Å². The summed E-state index contributed by atoms with van der Waals surface area (Å²) in [6, 6.07) is 0. The predicted molar refractivity (Wildman–Crippen MR) is 84.8 cm³/mol. The Morgan fingerprint density at radius 2 is 2.20 bits per heavy atom. The number of thiophene rings is 1. The van der Waals surface area contributed by atoms with Gasteiger partial charge in [0.1, 0.15) is 10.6 Å². The SMILES string of the molecule is Cc1csc2nc(N3CCNCC3)nc(NCCN)c12. The fourth-order valence-electron chi connectivity index (χ4n) is 2.40. The molecule has 4 N–H and O–H groups in total. The Labute approximate surface area is 122 Å². The van der Waals surface area contributed by atoms with Crippen LogP contribution in [0, 0.1) is 6.92 Å². The Kier molecular flexibility index (Phi) is 4.00. The van der Waals surface area contributed by atoms with Crippen LogP contribution in [0.3, 0.4) is 0 Å². The molecule has 0 amide bonds. The third-order valence-electron chi connectivity index (χ3n) is 3.44. The summed E-state index contributed by atoms with van der Waals surface area (Å²) in [4.78, 5) is 12.7. The van der Waals surface area contributed by atoms with Crippen molar-refractivity contribution in [2.75, 3.05) is 49.5 Å². The third kappa shape index (κ3) is 2.56. The molecule has 108 valence electrons. The maximum absolute atomic E-state index is 5.59. The van der Waals surface area contributed by atoms with E-state index in [1.54, 1.807) is 11.3 Å². The van der Waals surface area contributed by atoms with E-state index >= 15 is 0 Å². The van der Waals surface area contributed by atoms with Crippen molar-refractivity contribution in [2.24, 2.45) is 5.73 Å². The van der Waals surface area contributed by atoms with E-state index in [2.05, 4.69) is 27.8 Å². The van der Waals surface area contributed by atoms with E-state index in [4.69, 9.17) is 15.7 Å². The van der Waals surface area contributed by atoms with E-state index in [9.17, 15) is 0 Å². The summed E-state index contributed by atoms with van der Waals surface area (Å²) in [5.41, 5.74) is 6.81. The Balaban J connectivity index is 2.00. The Morgan fingerprint density at radius 1 is 1.40 bits per heavy atom. The van der Waals surface area contributed by atoms with Crippen LogP contribution in [0.25, 0.3) is 10.2 Å². The number of nitrogens with zero attached hydrogens (tertiary/aromatic N) is 3. The molecule has 0 spiro atoms. The lowest BCUT2D eigenvalue weighted by molar-refractivity contribution is 0.581. The van der Waals surface area contributed by atoms with Gasteiger partial charge in [-0.1, -0.05) is 0 Å². The molecule has 0 aliphatic carbocycles. The molecule has 0 radical (unpaired) electrons. The van der Waals surface area contributed by atoms with Gasteiger partial charge in [-0.3, -0.25) is 0 Å². The first kappa shape index (κ1) is 13.5. The van der Waals surface area contributed by atoms with Crippen molar-refractivity contribution in [3.8, 4) is 0 Å². The second-order valence-electron chi connectivity index (χ2n) is 4.92. The monoisotopic (exact) mass is 292 g/mol. The standard InChI is InChI=1S/C13H20N6S/c1-9-8-20-12-10(9)11(16-3-2-14)17-13(18-12)19-6-4-15-5-7-19/h8,15H,2-7,14H2,1H3,(H,16,17,18). The molecule has 0 saturated carbocycles. The Bertz CT molecular complexity index is 590. The minimum Gasteiger partial charge on any atom is -0.368 e. The zero-order valence-corrected chi connectivity index (χ0v) is 12.5. The molecule has 20 heavy (non-hydrogen) atoms. The van der Waals surface area contributed by atoms with Gasteiger partial charge in [0.15, 0.2) is 0 Å². The lowest BCUT2D eigenvalue weighted by atomic mass is 10.2. The highest BCUT2D eigenvalue weighted by Gasteiger charge is 2.17. The predicted octanol–water partition coefficient (Wildman–Crippen LogP) is 0.780. The molecule has 6 nitrogen and oxygen atoms in total. The molecule has 1 aliphatic heterocycles. The molecule has 7 heteroatoms. The number of piperazine rings is 1. The molecule has 3 rings (SSSR count). The van der Waals surface area contributed by atoms with Gasteiger partial charge in [-0.05, 0) is 17.9 Å². The highest BCUT2D eigenvalue weighted by molar-refractivity contribution is 7.17.